The molecule has 3 rings (SSSR count). The van der Waals surface area contributed by atoms with Crippen LogP contribution in [-0.2, 0) is 26.2 Å². The number of hydrogen-bond acceptors (Lipinski definition) is 10. The van der Waals surface area contributed by atoms with Crippen molar-refractivity contribution in [1.82, 2.24) is 29.8 Å². The van der Waals surface area contributed by atoms with Crippen molar-refractivity contribution < 1.29 is 23.1 Å². The molecule has 4 N–H and O–H groups in total. The van der Waals surface area contributed by atoms with Crippen molar-refractivity contribution in [3.63, 3.8) is 0 Å². The molecule has 2 aliphatic rings. The van der Waals surface area contributed by atoms with Gasteiger partial charge in [0.25, 0.3) is 0 Å². The summed E-state index contributed by atoms with van der Waals surface area (Å²) in [6, 6.07) is -0.681. The Morgan fingerprint density at radius 2 is 2.24 bits per heavy atom. The maximum absolute atomic E-state index is 12.0. The van der Waals surface area contributed by atoms with Crippen LogP contribution in [0.1, 0.15) is 13.3 Å². The number of nitrogens with two attached hydrogens (primary N) is 1. The second-order valence-corrected chi connectivity index (χ2v) is 10.4. The smallest absolute Gasteiger partial charge is 0.352 e. The van der Waals surface area contributed by atoms with Gasteiger partial charge in [-0.2, -0.15) is 0 Å². The zero-order chi connectivity index (χ0) is 21.2. The molecule has 29 heavy (non-hydrogen) atoms. The molecule has 12 nitrogen and oxygen atoms in total. The van der Waals surface area contributed by atoms with Crippen LogP contribution in [0.5, 0.6) is 0 Å². The van der Waals surface area contributed by atoms with Crippen molar-refractivity contribution in [1.29, 1.82) is 0 Å². The van der Waals surface area contributed by atoms with Crippen molar-refractivity contribution in [2.45, 2.75) is 36.5 Å². The highest BCUT2D eigenvalue weighted by Gasteiger charge is 2.51. The third-order valence-corrected chi connectivity index (χ3v) is 8.08. The summed E-state index contributed by atoms with van der Waals surface area (Å²) in [6.07, 6.45) is 0.690. The van der Waals surface area contributed by atoms with Crippen LogP contribution in [-0.4, -0.2) is 85.7 Å². The highest BCUT2D eigenvalue weighted by molar-refractivity contribution is 8.01. The van der Waals surface area contributed by atoms with E-state index in [2.05, 4.69) is 20.2 Å². The Kier molecular flexibility index (Phi) is 6.83. The minimum absolute atomic E-state index is 0.0432. The number of carboxylic acids is 1. The molecule has 0 aliphatic carbocycles. The fraction of sp³-hybridized carbons (Fsp3) is 0.643. The zero-order valence-corrected chi connectivity index (χ0v) is 18.0. The average Bonchev–Trinajstić information content (AvgIpc) is 3.15. The predicted molar refractivity (Wildman–Crippen MR) is 106 cm³/mol. The summed E-state index contributed by atoms with van der Waals surface area (Å²) < 4.78 is 27.7. The van der Waals surface area contributed by atoms with E-state index in [-0.39, 0.29) is 29.1 Å². The lowest BCUT2D eigenvalue weighted by atomic mass is 10.0. The number of thioether (sulfide) groups is 2. The molecule has 2 atom stereocenters. The number of aliphatic carboxylic acids is 1. The molecule has 0 aromatic carbocycles. The highest BCUT2D eigenvalue weighted by atomic mass is 32.2. The molecular formula is C14H21N7O5S3. The van der Waals surface area contributed by atoms with Gasteiger partial charge in [0.2, 0.25) is 21.1 Å². The van der Waals surface area contributed by atoms with E-state index in [4.69, 9.17) is 5.73 Å². The largest absolute Gasteiger partial charge is 0.477 e. The van der Waals surface area contributed by atoms with Crippen LogP contribution in [0.3, 0.4) is 0 Å². The van der Waals surface area contributed by atoms with Gasteiger partial charge < -0.3 is 10.8 Å². The molecule has 0 bridgehead atoms. The summed E-state index contributed by atoms with van der Waals surface area (Å²) in [5.74, 6) is -1.09. The third kappa shape index (κ3) is 4.74. The molecule has 2 aliphatic heterocycles. The topological polar surface area (TPSA) is 173 Å². The van der Waals surface area contributed by atoms with Crippen molar-refractivity contribution in [2.24, 2.45) is 5.73 Å². The van der Waals surface area contributed by atoms with Gasteiger partial charge in [0.1, 0.15) is 17.1 Å². The van der Waals surface area contributed by atoms with Gasteiger partial charge in [0, 0.05) is 18.1 Å². The van der Waals surface area contributed by atoms with Crippen LogP contribution >= 0.6 is 23.5 Å². The van der Waals surface area contributed by atoms with Gasteiger partial charge in [-0.3, -0.25) is 9.69 Å². The van der Waals surface area contributed by atoms with E-state index in [9.17, 15) is 23.1 Å². The van der Waals surface area contributed by atoms with Crippen molar-refractivity contribution in [2.75, 3.05) is 23.8 Å². The van der Waals surface area contributed by atoms with Crippen LogP contribution in [0.25, 0.3) is 0 Å². The number of carboxylic acid groups (broad SMARTS) is 1. The third-order valence-electron chi connectivity index (χ3n) is 4.31. The number of amides is 1. The van der Waals surface area contributed by atoms with Crippen LogP contribution < -0.4 is 10.5 Å². The molecular weight excluding hydrogens is 442 g/mol. The maximum atomic E-state index is 12.0. The van der Waals surface area contributed by atoms with Gasteiger partial charge in [0.15, 0.2) is 0 Å². The fourth-order valence-electron chi connectivity index (χ4n) is 2.82. The van der Waals surface area contributed by atoms with Crippen LogP contribution in [0.15, 0.2) is 16.4 Å². The van der Waals surface area contributed by atoms with E-state index in [0.29, 0.717) is 29.4 Å². The number of nitrogens with one attached hydrogen (secondary N) is 1. The number of aromatic nitrogens is 4. The molecule has 0 radical (unpaired) electrons. The molecule has 1 saturated heterocycles. The minimum Gasteiger partial charge on any atom is -0.477 e. The quantitative estimate of drug-likeness (QED) is 0.277. The number of hydrogen-bond donors (Lipinski definition) is 3. The molecule has 0 saturated carbocycles. The summed E-state index contributed by atoms with van der Waals surface area (Å²) in [5, 5.41) is 20.8. The lowest BCUT2D eigenvalue weighted by Gasteiger charge is -2.48. The van der Waals surface area contributed by atoms with E-state index < -0.39 is 27.9 Å². The first-order chi connectivity index (χ1) is 13.7. The normalized spacial score (nSPS) is 21.9. The van der Waals surface area contributed by atoms with Gasteiger partial charge in [-0.25, -0.2) is 22.6 Å². The molecule has 1 amide bonds. The van der Waals surface area contributed by atoms with Gasteiger partial charge in [-0.1, -0.05) is 18.7 Å². The van der Waals surface area contributed by atoms with Gasteiger partial charge in [-0.15, -0.1) is 16.9 Å². The van der Waals surface area contributed by atoms with Crippen LogP contribution in [0.2, 0.25) is 0 Å². The lowest BCUT2D eigenvalue weighted by Crippen LogP contribution is -2.68. The fourth-order valence-corrected chi connectivity index (χ4v) is 6.23. The second kappa shape index (κ2) is 8.99. The number of fused-ring (bicyclic) bond motifs is 1. The Morgan fingerprint density at radius 3 is 2.93 bits per heavy atom. The molecule has 1 aromatic heterocycles. The molecule has 1 aromatic rings. The number of nitrogens with zero attached hydrogens (tertiary/aromatic N) is 5. The molecule has 1 fully saturated rings. The summed E-state index contributed by atoms with van der Waals surface area (Å²) in [4.78, 5) is 24.9. The van der Waals surface area contributed by atoms with Gasteiger partial charge in [0.05, 0.1) is 12.3 Å². The average molecular weight is 464 g/mol. The molecule has 15 heteroatoms. The Labute approximate surface area is 175 Å². The van der Waals surface area contributed by atoms with Crippen LogP contribution in [0.4, 0.5) is 0 Å². The van der Waals surface area contributed by atoms with Gasteiger partial charge >= 0.3 is 5.97 Å². The SMILES string of the molecule is CCCNS(=O)(=O)CCn1nnnc1SCC1=C(C(=O)O)N2C(=O)C(N)[C@H]2SC1. The van der Waals surface area contributed by atoms with E-state index in [1.807, 2.05) is 6.92 Å². The number of β-lactam (4-membered cyclic amide) rings is 1. The van der Waals surface area contributed by atoms with Crippen molar-refractivity contribution >= 4 is 45.4 Å². The number of tetrazole rings is 1. The van der Waals surface area contributed by atoms with Crippen molar-refractivity contribution in [3.8, 4) is 0 Å². The number of carbonyl (C=O) groups excluding carboxylic acids is 1. The van der Waals surface area contributed by atoms with E-state index in [1.165, 1.54) is 33.1 Å². The maximum Gasteiger partial charge on any atom is 0.352 e. The molecule has 160 valence electrons. The molecule has 0 spiro atoms. The lowest BCUT2D eigenvalue weighted by molar-refractivity contribution is -0.147. The summed E-state index contributed by atoms with van der Waals surface area (Å²) in [7, 11) is -3.43. The summed E-state index contributed by atoms with van der Waals surface area (Å²) in [6.45, 7) is 2.30. The van der Waals surface area contributed by atoms with Gasteiger partial charge in [-0.05, 0) is 22.4 Å². The highest BCUT2D eigenvalue weighted by Crippen LogP contribution is 2.40. The predicted octanol–water partition coefficient (Wildman–Crippen LogP) is -1.32. The second-order valence-electron chi connectivity index (χ2n) is 6.38. The van der Waals surface area contributed by atoms with Crippen molar-refractivity contribution in [3.05, 3.63) is 11.3 Å². The van der Waals surface area contributed by atoms with Crippen LogP contribution in [0, 0.1) is 0 Å². The number of carbonyl (C=O) groups is 2. The molecule has 3 heterocycles. The number of sulfonamides is 1. The first kappa shape index (κ1) is 22.0. The summed E-state index contributed by atoms with van der Waals surface area (Å²) in [5.41, 5.74) is 6.26. The number of rotatable bonds is 10. The Bertz CT molecular complexity index is 932. The Morgan fingerprint density at radius 1 is 1.48 bits per heavy atom. The Hall–Kier alpha value is -1.68. The standard InChI is InChI=1S/C14H21N7O5S3/c1-2-3-16-29(25,26)5-4-20-14(17-18-19-20)28-7-8-6-27-12-9(15)11(22)21(12)10(8)13(23)24/h9,12,16H,2-7,15H2,1H3,(H,23,24)/t9?,12-/m1/s1. The first-order valence-corrected chi connectivity index (χ1v) is 12.5. The number of aryl methyl sites for hydroxylation is 1. The first-order valence-electron chi connectivity index (χ1n) is 8.77. The Balaban J connectivity index is 1.67. The summed E-state index contributed by atoms with van der Waals surface area (Å²) >= 11 is 2.60. The monoisotopic (exact) mass is 463 g/mol. The van der Waals surface area contributed by atoms with E-state index in [1.54, 1.807) is 0 Å². The van der Waals surface area contributed by atoms with E-state index in [0.717, 1.165) is 0 Å². The molecule has 1 unspecified atom stereocenters. The minimum atomic E-state index is -3.43. The van der Waals surface area contributed by atoms with E-state index >= 15 is 0 Å². The zero-order valence-electron chi connectivity index (χ0n) is 15.5.